The Labute approximate surface area is 291 Å². The lowest BCUT2D eigenvalue weighted by Crippen LogP contribution is -2.26. The van der Waals surface area contributed by atoms with Crippen LogP contribution in [0.2, 0.25) is 0 Å². The number of unbranched alkanes of at least 4 members (excludes halogenated alkanes) is 31. The van der Waals surface area contributed by atoms with Crippen LogP contribution in [-0.4, -0.2) is 39.1 Å². The second-order valence-electron chi connectivity index (χ2n) is 14.6. The smallest absolute Gasteiger partial charge is 0.104 e. The summed E-state index contributed by atoms with van der Waals surface area (Å²) in [5, 5.41) is 0. The summed E-state index contributed by atoms with van der Waals surface area (Å²) < 4.78 is 18.5. The Morgan fingerprint density at radius 3 is 0.739 bits per heavy atom. The summed E-state index contributed by atoms with van der Waals surface area (Å²) in [7, 11) is 0. The predicted molar refractivity (Wildman–Crippen MR) is 205 cm³/mol. The molecule has 0 saturated carbocycles. The molecule has 0 amide bonds. The lowest BCUT2D eigenvalue weighted by molar-refractivity contribution is -0.0616. The third kappa shape index (κ3) is 40.1. The quantitative estimate of drug-likeness (QED) is 0.0614. The van der Waals surface area contributed by atoms with Gasteiger partial charge in [-0.15, -0.1) is 0 Å². The zero-order valence-electron chi connectivity index (χ0n) is 32.4. The van der Waals surface area contributed by atoms with Gasteiger partial charge in [0.1, 0.15) is 6.10 Å². The Morgan fingerprint density at radius 1 is 0.261 bits per heavy atom. The van der Waals surface area contributed by atoms with Gasteiger partial charge in [0.2, 0.25) is 0 Å². The van der Waals surface area contributed by atoms with Crippen molar-refractivity contribution in [3.05, 3.63) is 0 Å². The van der Waals surface area contributed by atoms with Crippen LogP contribution in [0, 0.1) is 0 Å². The lowest BCUT2D eigenvalue weighted by Gasteiger charge is -2.18. The van der Waals surface area contributed by atoms with Crippen LogP contribution in [0.15, 0.2) is 0 Å². The molecular weight excluding hydrogens is 564 g/mol. The third-order valence-corrected chi connectivity index (χ3v) is 9.74. The molecule has 0 aromatic carbocycles. The molecule has 3 heteroatoms. The summed E-state index contributed by atoms with van der Waals surface area (Å²) in [5.74, 6) is 0. The van der Waals surface area contributed by atoms with Crippen LogP contribution in [0.4, 0.5) is 0 Å². The van der Waals surface area contributed by atoms with Gasteiger partial charge < -0.3 is 14.2 Å². The molecule has 46 heavy (non-hydrogen) atoms. The van der Waals surface area contributed by atoms with Crippen LogP contribution in [0.3, 0.4) is 0 Å². The van der Waals surface area contributed by atoms with Crippen molar-refractivity contribution in [3.63, 3.8) is 0 Å². The van der Waals surface area contributed by atoms with Crippen LogP contribution >= 0.6 is 0 Å². The average Bonchev–Trinajstić information content (AvgIpc) is 3.07. The first kappa shape index (κ1) is 45.9. The van der Waals surface area contributed by atoms with Crippen molar-refractivity contribution >= 4 is 0 Å². The summed E-state index contributed by atoms with van der Waals surface area (Å²) in [6, 6.07) is 0. The van der Waals surface area contributed by atoms with Gasteiger partial charge in [0.15, 0.2) is 0 Å². The first-order valence-corrected chi connectivity index (χ1v) is 21.6. The first-order valence-electron chi connectivity index (χ1n) is 21.6. The molecule has 3 nitrogen and oxygen atoms in total. The van der Waals surface area contributed by atoms with E-state index in [0.29, 0.717) is 13.2 Å². The molecular formula is C43H88O3. The molecule has 0 aliphatic heterocycles. The fraction of sp³-hybridized carbons (Fsp3) is 1.00. The normalized spacial score (nSPS) is 12.3. The highest BCUT2D eigenvalue weighted by molar-refractivity contribution is 4.58. The highest BCUT2D eigenvalue weighted by atomic mass is 16.6. The van der Waals surface area contributed by atoms with Crippen molar-refractivity contribution in [2.45, 2.75) is 245 Å². The topological polar surface area (TPSA) is 27.7 Å². The van der Waals surface area contributed by atoms with E-state index in [1.165, 1.54) is 218 Å². The Morgan fingerprint density at radius 2 is 0.478 bits per heavy atom. The largest absolute Gasteiger partial charge is 0.379 e. The van der Waals surface area contributed by atoms with Gasteiger partial charge in [0, 0.05) is 19.8 Å². The SMILES string of the molecule is CCCCCCCCCCCCCCCCOCC(COCCCCCCCCCCCC)OCCCCCCCCCCCC. The standard InChI is InChI=1S/C43H88O3/c1-4-7-10-13-16-19-22-23-24-25-27-30-33-36-39-45-42-43(46-40-37-34-31-28-21-18-15-12-9-6-3)41-44-38-35-32-29-26-20-17-14-11-8-5-2/h43H,4-42H2,1-3H3. The van der Waals surface area contributed by atoms with E-state index in [1.807, 2.05) is 0 Å². The maximum Gasteiger partial charge on any atom is 0.104 e. The van der Waals surface area contributed by atoms with Gasteiger partial charge in [0.05, 0.1) is 13.2 Å². The van der Waals surface area contributed by atoms with E-state index >= 15 is 0 Å². The van der Waals surface area contributed by atoms with Gasteiger partial charge in [-0.25, -0.2) is 0 Å². The molecule has 0 radical (unpaired) electrons. The highest BCUT2D eigenvalue weighted by Gasteiger charge is 2.10. The van der Waals surface area contributed by atoms with Crippen LogP contribution in [0.25, 0.3) is 0 Å². The van der Waals surface area contributed by atoms with E-state index in [2.05, 4.69) is 20.8 Å². The summed E-state index contributed by atoms with van der Waals surface area (Å²) >= 11 is 0. The van der Waals surface area contributed by atoms with E-state index < -0.39 is 0 Å². The van der Waals surface area contributed by atoms with Crippen molar-refractivity contribution in [1.29, 1.82) is 0 Å². The van der Waals surface area contributed by atoms with Crippen LogP contribution in [0.5, 0.6) is 0 Å². The molecule has 0 saturated heterocycles. The molecule has 1 atom stereocenters. The molecule has 0 aromatic rings. The minimum Gasteiger partial charge on any atom is -0.379 e. The van der Waals surface area contributed by atoms with Gasteiger partial charge in [0.25, 0.3) is 0 Å². The maximum absolute atomic E-state index is 6.29. The monoisotopic (exact) mass is 653 g/mol. The minimum atomic E-state index is 0.0910. The summed E-state index contributed by atoms with van der Waals surface area (Å²) in [6.07, 6.45) is 47.0. The summed E-state index contributed by atoms with van der Waals surface area (Å²) in [4.78, 5) is 0. The molecule has 0 rings (SSSR count). The Balaban J connectivity index is 3.88. The van der Waals surface area contributed by atoms with Gasteiger partial charge in [-0.1, -0.05) is 220 Å². The Hall–Kier alpha value is -0.120. The van der Waals surface area contributed by atoms with E-state index in [4.69, 9.17) is 14.2 Å². The van der Waals surface area contributed by atoms with E-state index in [-0.39, 0.29) is 6.10 Å². The van der Waals surface area contributed by atoms with E-state index in [0.717, 1.165) is 19.8 Å². The second-order valence-corrected chi connectivity index (χ2v) is 14.6. The van der Waals surface area contributed by atoms with Crippen molar-refractivity contribution in [2.75, 3.05) is 33.0 Å². The van der Waals surface area contributed by atoms with E-state index in [1.54, 1.807) is 0 Å². The molecule has 278 valence electrons. The van der Waals surface area contributed by atoms with Gasteiger partial charge in [-0.2, -0.15) is 0 Å². The molecule has 0 heterocycles. The average molecular weight is 653 g/mol. The Kier molecular flexibility index (Phi) is 42.8. The van der Waals surface area contributed by atoms with Gasteiger partial charge in [-0.3, -0.25) is 0 Å². The summed E-state index contributed by atoms with van der Waals surface area (Å²) in [6.45, 7) is 10.9. The van der Waals surface area contributed by atoms with Crippen molar-refractivity contribution in [1.82, 2.24) is 0 Å². The fourth-order valence-corrected chi connectivity index (χ4v) is 6.50. The van der Waals surface area contributed by atoms with E-state index in [9.17, 15) is 0 Å². The summed E-state index contributed by atoms with van der Waals surface area (Å²) in [5.41, 5.74) is 0. The molecule has 0 bridgehead atoms. The first-order chi connectivity index (χ1) is 22.8. The van der Waals surface area contributed by atoms with Crippen LogP contribution < -0.4 is 0 Å². The zero-order chi connectivity index (χ0) is 33.3. The molecule has 0 aromatic heterocycles. The third-order valence-electron chi connectivity index (χ3n) is 9.74. The molecule has 0 aliphatic rings. The number of hydrogen-bond acceptors (Lipinski definition) is 3. The zero-order valence-corrected chi connectivity index (χ0v) is 32.4. The predicted octanol–water partition coefficient (Wildman–Crippen LogP) is 14.7. The lowest BCUT2D eigenvalue weighted by atomic mass is 10.0. The van der Waals surface area contributed by atoms with Crippen molar-refractivity contribution < 1.29 is 14.2 Å². The molecule has 0 spiro atoms. The number of ether oxygens (including phenoxy) is 3. The minimum absolute atomic E-state index is 0.0910. The fourth-order valence-electron chi connectivity index (χ4n) is 6.50. The molecule has 0 aliphatic carbocycles. The number of rotatable bonds is 42. The number of hydrogen-bond donors (Lipinski definition) is 0. The second kappa shape index (κ2) is 42.9. The van der Waals surface area contributed by atoms with Crippen molar-refractivity contribution in [2.24, 2.45) is 0 Å². The molecule has 0 N–H and O–H groups in total. The highest BCUT2D eigenvalue weighted by Crippen LogP contribution is 2.14. The molecule has 0 fully saturated rings. The maximum atomic E-state index is 6.29. The van der Waals surface area contributed by atoms with Crippen molar-refractivity contribution in [3.8, 4) is 0 Å². The van der Waals surface area contributed by atoms with Gasteiger partial charge in [-0.05, 0) is 19.3 Å². The Bertz CT molecular complexity index is 510. The van der Waals surface area contributed by atoms with Crippen LogP contribution in [-0.2, 0) is 14.2 Å². The van der Waals surface area contributed by atoms with Gasteiger partial charge >= 0.3 is 0 Å². The molecule has 1 unspecified atom stereocenters. The van der Waals surface area contributed by atoms with Crippen LogP contribution in [0.1, 0.15) is 239 Å².